The SMILES string of the molecule is O=C(Nc1ccc(N2CCOCC2)cc1)c1ccccc1CCc1ccccc1. The Morgan fingerprint density at radius 3 is 2.28 bits per heavy atom. The Kier molecular flexibility index (Phi) is 6.22. The summed E-state index contributed by atoms with van der Waals surface area (Å²) in [5, 5.41) is 3.04. The van der Waals surface area contributed by atoms with Crippen molar-refractivity contribution < 1.29 is 9.53 Å². The van der Waals surface area contributed by atoms with Gasteiger partial charge in [0.05, 0.1) is 13.2 Å². The maximum atomic E-state index is 12.9. The fraction of sp³-hybridized carbons (Fsp3) is 0.240. The highest BCUT2D eigenvalue weighted by atomic mass is 16.5. The first-order valence-corrected chi connectivity index (χ1v) is 10.2. The summed E-state index contributed by atoms with van der Waals surface area (Å²) in [6.07, 6.45) is 1.75. The Morgan fingerprint density at radius 1 is 0.828 bits per heavy atom. The van der Waals surface area contributed by atoms with Crippen molar-refractivity contribution >= 4 is 17.3 Å². The van der Waals surface area contributed by atoms with Crippen molar-refractivity contribution in [3.05, 3.63) is 95.6 Å². The van der Waals surface area contributed by atoms with E-state index in [9.17, 15) is 4.79 Å². The van der Waals surface area contributed by atoms with Gasteiger partial charge in [-0.25, -0.2) is 0 Å². The quantitative estimate of drug-likeness (QED) is 0.675. The zero-order valence-electron chi connectivity index (χ0n) is 16.5. The Hall–Kier alpha value is -3.11. The van der Waals surface area contributed by atoms with Gasteiger partial charge in [-0.2, -0.15) is 0 Å². The lowest BCUT2D eigenvalue weighted by Crippen LogP contribution is -2.36. The molecule has 0 bridgehead atoms. The minimum Gasteiger partial charge on any atom is -0.378 e. The highest BCUT2D eigenvalue weighted by Crippen LogP contribution is 2.20. The van der Waals surface area contributed by atoms with E-state index in [4.69, 9.17) is 4.74 Å². The molecule has 0 radical (unpaired) electrons. The molecular weight excluding hydrogens is 360 g/mol. The number of morpholine rings is 1. The summed E-state index contributed by atoms with van der Waals surface area (Å²) in [5.41, 5.74) is 5.06. The number of nitrogens with one attached hydrogen (secondary N) is 1. The molecular formula is C25H26N2O2. The molecule has 29 heavy (non-hydrogen) atoms. The standard InChI is InChI=1S/C25H26N2O2/c28-25(26-22-12-14-23(15-13-22)27-16-18-29-19-17-27)24-9-5-4-8-21(24)11-10-20-6-2-1-3-7-20/h1-9,12-15H,10-11,16-19H2,(H,26,28). The average molecular weight is 386 g/mol. The Morgan fingerprint density at radius 2 is 1.52 bits per heavy atom. The zero-order chi connectivity index (χ0) is 19.9. The maximum absolute atomic E-state index is 12.9. The fourth-order valence-electron chi connectivity index (χ4n) is 3.66. The lowest BCUT2D eigenvalue weighted by atomic mass is 9.99. The second kappa shape index (κ2) is 9.39. The van der Waals surface area contributed by atoms with Crippen LogP contribution in [-0.2, 0) is 17.6 Å². The van der Waals surface area contributed by atoms with Crippen LogP contribution in [0, 0.1) is 0 Å². The molecule has 4 heteroatoms. The maximum Gasteiger partial charge on any atom is 0.255 e. The molecule has 0 unspecified atom stereocenters. The van der Waals surface area contributed by atoms with E-state index in [1.807, 2.05) is 42.5 Å². The molecule has 1 amide bonds. The van der Waals surface area contributed by atoms with Crippen molar-refractivity contribution in [3.63, 3.8) is 0 Å². The van der Waals surface area contributed by atoms with Crippen LogP contribution in [-0.4, -0.2) is 32.2 Å². The van der Waals surface area contributed by atoms with Gasteiger partial charge in [0.15, 0.2) is 0 Å². The highest BCUT2D eigenvalue weighted by Gasteiger charge is 2.13. The molecule has 0 spiro atoms. The molecule has 0 saturated carbocycles. The second-order valence-electron chi connectivity index (χ2n) is 7.24. The Bertz CT molecular complexity index is 933. The predicted molar refractivity (Wildman–Crippen MR) is 118 cm³/mol. The van der Waals surface area contributed by atoms with E-state index in [-0.39, 0.29) is 5.91 Å². The first kappa shape index (κ1) is 19.2. The van der Waals surface area contributed by atoms with Gasteiger partial charge in [-0.15, -0.1) is 0 Å². The topological polar surface area (TPSA) is 41.6 Å². The number of aryl methyl sites for hydroxylation is 2. The molecule has 1 heterocycles. The first-order chi connectivity index (χ1) is 14.3. The van der Waals surface area contributed by atoms with Crippen LogP contribution < -0.4 is 10.2 Å². The normalized spacial score (nSPS) is 13.9. The molecule has 3 aromatic carbocycles. The van der Waals surface area contributed by atoms with Crippen molar-refractivity contribution in [3.8, 4) is 0 Å². The van der Waals surface area contributed by atoms with Gasteiger partial charge in [0.1, 0.15) is 0 Å². The summed E-state index contributed by atoms with van der Waals surface area (Å²) in [4.78, 5) is 15.2. The molecule has 1 aliphatic heterocycles. The van der Waals surface area contributed by atoms with E-state index in [0.717, 1.165) is 61.6 Å². The minimum absolute atomic E-state index is 0.0622. The third-order valence-corrected chi connectivity index (χ3v) is 5.29. The number of carbonyl (C=O) groups is 1. The first-order valence-electron chi connectivity index (χ1n) is 10.2. The van der Waals surface area contributed by atoms with Crippen LogP contribution in [0.2, 0.25) is 0 Å². The van der Waals surface area contributed by atoms with Gasteiger partial charge in [0.25, 0.3) is 5.91 Å². The van der Waals surface area contributed by atoms with Crippen LogP contribution in [0.3, 0.4) is 0 Å². The van der Waals surface area contributed by atoms with Crippen LogP contribution in [0.1, 0.15) is 21.5 Å². The fourth-order valence-corrected chi connectivity index (χ4v) is 3.66. The van der Waals surface area contributed by atoms with Gasteiger partial charge in [0.2, 0.25) is 0 Å². The van der Waals surface area contributed by atoms with E-state index in [1.54, 1.807) is 0 Å². The molecule has 4 rings (SSSR count). The number of hydrogen-bond acceptors (Lipinski definition) is 3. The van der Waals surface area contributed by atoms with Crippen LogP contribution in [0.5, 0.6) is 0 Å². The largest absolute Gasteiger partial charge is 0.378 e. The minimum atomic E-state index is -0.0622. The Labute approximate surface area is 172 Å². The molecule has 1 fully saturated rings. The number of nitrogens with zero attached hydrogens (tertiary/aromatic N) is 1. The van der Waals surface area contributed by atoms with Crippen molar-refractivity contribution in [2.24, 2.45) is 0 Å². The van der Waals surface area contributed by atoms with Crippen LogP contribution in [0.4, 0.5) is 11.4 Å². The van der Waals surface area contributed by atoms with E-state index >= 15 is 0 Å². The van der Waals surface area contributed by atoms with Gasteiger partial charge < -0.3 is 15.0 Å². The van der Waals surface area contributed by atoms with Crippen LogP contribution >= 0.6 is 0 Å². The van der Waals surface area contributed by atoms with Gasteiger partial charge in [-0.05, 0) is 54.3 Å². The zero-order valence-corrected chi connectivity index (χ0v) is 16.5. The summed E-state index contributed by atoms with van der Waals surface area (Å²) >= 11 is 0. The Balaban J connectivity index is 1.41. The van der Waals surface area contributed by atoms with Crippen LogP contribution in [0.15, 0.2) is 78.9 Å². The molecule has 0 aliphatic carbocycles. The van der Waals surface area contributed by atoms with E-state index in [0.29, 0.717) is 0 Å². The molecule has 1 saturated heterocycles. The molecule has 3 aromatic rings. The molecule has 4 nitrogen and oxygen atoms in total. The number of carbonyl (C=O) groups excluding carboxylic acids is 1. The van der Waals surface area contributed by atoms with Crippen molar-refractivity contribution in [2.45, 2.75) is 12.8 Å². The van der Waals surface area contributed by atoms with E-state index in [2.05, 4.69) is 46.6 Å². The number of rotatable bonds is 6. The smallest absolute Gasteiger partial charge is 0.255 e. The molecule has 0 aromatic heterocycles. The van der Waals surface area contributed by atoms with E-state index in [1.165, 1.54) is 5.56 Å². The van der Waals surface area contributed by atoms with Crippen molar-refractivity contribution in [2.75, 3.05) is 36.5 Å². The van der Waals surface area contributed by atoms with Crippen molar-refractivity contribution in [1.82, 2.24) is 0 Å². The van der Waals surface area contributed by atoms with Gasteiger partial charge >= 0.3 is 0 Å². The molecule has 0 atom stereocenters. The lowest BCUT2D eigenvalue weighted by Gasteiger charge is -2.28. The summed E-state index contributed by atoms with van der Waals surface area (Å²) < 4.78 is 5.41. The number of amides is 1. The third kappa shape index (κ3) is 5.04. The van der Waals surface area contributed by atoms with Gasteiger partial charge in [-0.3, -0.25) is 4.79 Å². The number of hydrogen-bond donors (Lipinski definition) is 1. The summed E-state index contributed by atoms with van der Waals surface area (Å²) in [6, 6.07) is 26.3. The number of ether oxygens (including phenoxy) is 1. The van der Waals surface area contributed by atoms with E-state index < -0.39 is 0 Å². The number of anilines is 2. The highest BCUT2D eigenvalue weighted by molar-refractivity contribution is 6.05. The number of benzene rings is 3. The summed E-state index contributed by atoms with van der Waals surface area (Å²) in [6.45, 7) is 3.33. The van der Waals surface area contributed by atoms with Crippen molar-refractivity contribution in [1.29, 1.82) is 0 Å². The van der Waals surface area contributed by atoms with Gasteiger partial charge in [-0.1, -0.05) is 48.5 Å². The lowest BCUT2D eigenvalue weighted by molar-refractivity contribution is 0.102. The predicted octanol–water partition coefficient (Wildman–Crippen LogP) is 4.56. The van der Waals surface area contributed by atoms with Crippen LogP contribution in [0.25, 0.3) is 0 Å². The molecule has 148 valence electrons. The summed E-state index contributed by atoms with van der Waals surface area (Å²) in [7, 11) is 0. The van der Waals surface area contributed by atoms with Gasteiger partial charge in [0, 0.05) is 30.0 Å². The monoisotopic (exact) mass is 386 g/mol. The molecule has 1 N–H and O–H groups in total. The molecule has 1 aliphatic rings. The average Bonchev–Trinajstić information content (AvgIpc) is 2.80. The summed E-state index contributed by atoms with van der Waals surface area (Å²) in [5.74, 6) is -0.0622. The third-order valence-electron chi connectivity index (χ3n) is 5.29. The second-order valence-corrected chi connectivity index (χ2v) is 7.24.